The number of halogens is 4. The topological polar surface area (TPSA) is 64.4 Å². The maximum absolute atomic E-state index is 12.5. The lowest BCUT2D eigenvalue weighted by Gasteiger charge is -2.37. The zero-order valence-corrected chi connectivity index (χ0v) is 15.0. The van der Waals surface area contributed by atoms with E-state index in [1.807, 2.05) is 6.92 Å². The second-order valence-corrected chi connectivity index (χ2v) is 6.65. The molecule has 3 atom stereocenters. The number of alkyl halides is 3. The molecule has 2 rings (SSSR count). The summed E-state index contributed by atoms with van der Waals surface area (Å²) in [4.78, 5) is 12.5. The number of hydrogen-bond acceptors (Lipinski definition) is 3. The van der Waals surface area contributed by atoms with Crippen LogP contribution in [-0.4, -0.2) is 17.8 Å². The van der Waals surface area contributed by atoms with Gasteiger partial charge in [0.05, 0.1) is 12.0 Å². The Bertz CT molecular complexity index is 576. The smallest absolute Gasteiger partial charge is 0.406 e. The second-order valence-electron chi connectivity index (χ2n) is 6.65. The molecule has 4 nitrogen and oxygen atoms in total. The molecule has 1 saturated carbocycles. The molecule has 0 spiro atoms. The highest BCUT2D eigenvalue weighted by atomic mass is 35.5. The van der Waals surface area contributed by atoms with Gasteiger partial charge in [0.25, 0.3) is 0 Å². The molecule has 1 aromatic carbocycles. The van der Waals surface area contributed by atoms with E-state index in [9.17, 15) is 18.0 Å². The standard InChI is InChI=1S/C17H23F3N2O2.ClH/c1-11(12-6-8-13(9-7-12)24-17(18,19)20)22-15(23)14-5-3-4-10-16(14,2)21;/h6-9,11,14H,3-5,10,21H2,1-2H3,(H,22,23);1H. The summed E-state index contributed by atoms with van der Waals surface area (Å²) in [6.07, 6.45) is -1.16. The summed E-state index contributed by atoms with van der Waals surface area (Å²) in [6, 6.07) is 5.16. The average Bonchev–Trinajstić information content (AvgIpc) is 2.45. The molecule has 8 heteroatoms. The lowest BCUT2D eigenvalue weighted by Crippen LogP contribution is -2.53. The van der Waals surface area contributed by atoms with Crippen molar-refractivity contribution in [2.24, 2.45) is 11.7 Å². The summed E-state index contributed by atoms with van der Waals surface area (Å²) in [7, 11) is 0. The van der Waals surface area contributed by atoms with E-state index in [1.54, 1.807) is 6.92 Å². The molecule has 0 radical (unpaired) electrons. The van der Waals surface area contributed by atoms with E-state index in [4.69, 9.17) is 5.73 Å². The molecule has 1 aliphatic rings. The molecule has 0 aliphatic heterocycles. The number of ether oxygens (including phenoxy) is 1. The van der Waals surface area contributed by atoms with Gasteiger partial charge < -0.3 is 15.8 Å². The van der Waals surface area contributed by atoms with Gasteiger partial charge in [0.15, 0.2) is 0 Å². The normalized spacial score (nSPS) is 24.8. The van der Waals surface area contributed by atoms with Crippen molar-refractivity contribution in [1.29, 1.82) is 0 Å². The first-order valence-electron chi connectivity index (χ1n) is 8.03. The molecule has 3 N–H and O–H groups in total. The fraction of sp³-hybridized carbons (Fsp3) is 0.588. The molecule has 0 aromatic heterocycles. The molecule has 3 unspecified atom stereocenters. The van der Waals surface area contributed by atoms with Crippen molar-refractivity contribution in [2.45, 2.75) is 57.5 Å². The fourth-order valence-electron chi connectivity index (χ4n) is 3.14. The summed E-state index contributed by atoms with van der Waals surface area (Å²) < 4.78 is 40.3. The van der Waals surface area contributed by atoms with Crippen LogP contribution in [0.4, 0.5) is 13.2 Å². The fourth-order valence-corrected chi connectivity index (χ4v) is 3.14. The predicted octanol–water partition coefficient (Wildman–Crippen LogP) is 4.09. The number of hydrogen-bond donors (Lipinski definition) is 2. The predicted molar refractivity (Wildman–Crippen MR) is 91.5 cm³/mol. The number of benzene rings is 1. The number of rotatable bonds is 4. The minimum atomic E-state index is -4.71. The van der Waals surface area contributed by atoms with Crippen LogP contribution in [0.2, 0.25) is 0 Å². The third-order valence-electron chi connectivity index (χ3n) is 4.54. The summed E-state index contributed by atoms with van der Waals surface area (Å²) in [5.41, 5.74) is 6.41. The number of carbonyl (C=O) groups excluding carboxylic acids is 1. The monoisotopic (exact) mass is 380 g/mol. The first-order valence-corrected chi connectivity index (χ1v) is 8.03. The Morgan fingerprint density at radius 3 is 2.44 bits per heavy atom. The third kappa shape index (κ3) is 6.08. The van der Waals surface area contributed by atoms with E-state index >= 15 is 0 Å². The van der Waals surface area contributed by atoms with Crippen LogP contribution in [0.1, 0.15) is 51.1 Å². The summed E-state index contributed by atoms with van der Waals surface area (Å²) >= 11 is 0. The molecule has 1 fully saturated rings. The van der Waals surface area contributed by atoms with Crippen molar-refractivity contribution in [2.75, 3.05) is 0 Å². The molecular formula is C17H24ClF3N2O2. The highest BCUT2D eigenvalue weighted by Crippen LogP contribution is 2.32. The number of nitrogens with one attached hydrogen (secondary N) is 1. The van der Waals surface area contributed by atoms with Crippen molar-refractivity contribution in [3.63, 3.8) is 0 Å². The van der Waals surface area contributed by atoms with Gasteiger partial charge in [0.2, 0.25) is 5.91 Å². The lowest BCUT2D eigenvalue weighted by atomic mass is 9.74. The van der Waals surface area contributed by atoms with Gasteiger partial charge >= 0.3 is 6.36 Å². The first kappa shape index (κ1) is 21.6. The highest BCUT2D eigenvalue weighted by Gasteiger charge is 2.38. The van der Waals surface area contributed by atoms with E-state index in [2.05, 4.69) is 10.1 Å². The molecular weight excluding hydrogens is 357 g/mol. The van der Waals surface area contributed by atoms with Crippen LogP contribution < -0.4 is 15.8 Å². The van der Waals surface area contributed by atoms with Crippen molar-refractivity contribution >= 4 is 18.3 Å². The number of nitrogens with two attached hydrogens (primary N) is 1. The summed E-state index contributed by atoms with van der Waals surface area (Å²) in [5, 5.41) is 2.91. The Morgan fingerprint density at radius 1 is 1.32 bits per heavy atom. The van der Waals surface area contributed by atoms with Crippen LogP contribution in [0.5, 0.6) is 5.75 Å². The van der Waals surface area contributed by atoms with Crippen LogP contribution in [0.25, 0.3) is 0 Å². The lowest BCUT2D eigenvalue weighted by molar-refractivity contribution is -0.274. The minimum absolute atomic E-state index is 0. The van der Waals surface area contributed by atoms with Gasteiger partial charge in [-0.25, -0.2) is 0 Å². The van der Waals surface area contributed by atoms with Gasteiger partial charge in [0.1, 0.15) is 5.75 Å². The van der Waals surface area contributed by atoms with Gasteiger partial charge in [-0.05, 0) is 44.4 Å². The van der Waals surface area contributed by atoms with Gasteiger partial charge in [-0.2, -0.15) is 0 Å². The van der Waals surface area contributed by atoms with Gasteiger partial charge in [-0.15, -0.1) is 25.6 Å². The van der Waals surface area contributed by atoms with Gasteiger partial charge in [-0.3, -0.25) is 4.79 Å². The molecule has 0 saturated heterocycles. The highest BCUT2D eigenvalue weighted by molar-refractivity contribution is 5.85. The van der Waals surface area contributed by atoms with E-state index < -0.39 is 11.9 Å². The molecule has 1 amide bonds. The Hall–Kier alpha value is -1.47. The second kappa shape index (κ2) is 8.27. The third-order valence-corrected chi connectivity index (χ3v) is 4.54. The summed E-state index contributed by atoms with van der Waals surface area (Å²) in [6.45, 7) is 3.68. The molecule has 142 valence electrons. The molecule has 0 bridgehead atoms. The van der Waals surface area contributed by atoms with E-state index in [-0.39, 0.29) is 36.0 Å². The van der Waals surface area contributed by atoms with Gasteiger partial charge in [-0.1, -0.05) is 25.0 Å². The van der Waals surface area contributed by atoms with E-state index in [0.717, 1.165) is 25.7 Å². The van der Waals surface area contributed by atoms with E-state index in [0.29, 0.717) is 5.56 Å². The Balaban J connectivity index is 0.00000312. The zero-order valence-electron chi connectivity index (χ0n) is 14.2. The van der Waals surface area contributed by atoms with Crippen LogP contribution in [0.15, 0.2) is 24.3 Å². The number of carbonyl (C=O) groups is 1. The average molecular weight is 381 g/mol. The van der Waals surface area contributed by atoms with Crippen LogP contribution >= 0.6 is 12.4 Å². The quantitative estimate of drug-likeness (QED) is 0.826. The van der Waals surface area contributed by atoms with Crippen molar-refractivity contribution < 1.29 is 22.7 Å². The molecule has 25 heavy (non-hydrogen) atoms. The minimum Gasteiger partial charge on any atom is -0.406 e. The first-order chi connectivity index (χ1) is 11.1. The van der Waals surface area contributed by atoms with Crippen LogP contribution in [-0.2, 0) is 4.79 Å². The molecule has 1 aliphatic carbocycles. The van der Waals surface area contributed by atoms with Crippen LogP contribution in [0.3, 0.4) is 0 Å². The van der Waals surface area contributed by atoms with Crippen molar-refractivity contribution in [3.8, 4) is 5.75 Å². The van der Waals surface area contributed by atoms with Gasteiger partial charge in [0, 0.05) is 5.54 Å². The Kier molecular flexibility index (Phi) is 7.14. The molecule has 0 heterocycles. The summed E-state index contributed by atoms with van der Waals surface area (Å²) in [5.74, 6) is -0.643. The maximum atomic E-state index is 12.5. The SMILES string of the molecule is CC(NC(=O)C1CCCCC1(C)N)c1ccc(OC(F)(F)F)cc1.Cl. The van der Waals surface area contributed by atoms with Crippen molar-refractivity contribution in [3.05, 3.63) is 29.8 Å². The van der Waals surface area contributed by atoms with Crippen LogP contribution in [0, 0.1) is 5.92 Å². The Labute approximate surface area is 151 Å². The van der Waals surface area contributed by atoms with E-state index in [1.165, 1.54) is 24.3 Å². The van der Waals surface area contributed by atoms with Crippen molar-refractivity contribution in [1.82, 2.24) is 5.32 Å². The zero-order chi connectivity index (χ0) is 18.0. The largest absolute Gasteiger partial charge is 0.573 e. The molecule has 1 aromatic rings. The Morgan fingerprint density at radius 2 is 1.92 bits per heavy atom. The number of amides is 1. The maximum Gasteiger partial charge on any atom is 0.573 e.